The second-order valence-corrected chi connectivity index (χ2v) is 6.47. The van der Waals surface area contributed by atoms with E-state index in [0.717, 1.165) is 16.7 Å². The maximum atomic E-state index is 11.9. The van der Waals surface area contributed by atoms with Crippen molar-refractivity contribution in [2.45, 2.75) is 20.4 Å². The molecule has 0 unspecified atom stereocenters. The molecular formula is C18H27IN4O2. The number of aliphatic imine (C=N–C) groups is 1. The van der Waals surface area contributed by atoms with E-state index in [1.807, 2.05) is 56.1 Å². The molecule has 0 spiro atoms. The fourth-order valence-corrected chi connectivity index (χ4v) is 2.53. The largest absolute Gasteiger partial charge is 0.459 e. The molecule has 0 bridgehead atoms. The minimum atomic E-state index is -0.523. The number of hydrogen-bond donors (Lipinski definition) is 2. The van der Waals surface area contributed by atoms with Gasteiger partial charge in [-0.3, -0.25) is 9.79 Å². The van der Waals surface area contributed by atoms with Gasteiger partial charge in [0.1, 0.15) is 11.3 Å². The Hall–Kier alpha value is -1.77. The summed E-state index contributed by atoms with van der Waals surface area (Å²) >= 11 is 0. The van der Waals surface area contributed by atoms with Crippen LogP contribution < -0.4 is 10.6 Å². The topological polar surface area (TPSA) is 69.9 Å². The van der Waals surface area contributed by atoms with Crippen molar-refractivity contribution in [2.24, 2.45) is 10.4 Å². The molecule has 1 aromatic heterocycles. The van der Waals surface area contributed by atoms with E-state index in [1.165, 1.54) is 0 Å². The molecule has 0 fully saturated rings. The Morgan fingerprint density at radius 2 is 2.00 bits per heavy atom. The predicted octanol–water partition coefficient (Wildman–Crippen LogP) is 2.83. The van der Waals surface area contributed by atoms with E-state index in [2.05, 4.69) is 15.6 Å². The Morgan fingerprint density at radius 1 is 1.32 bits per heavy atom. The van der Waals surface area contributed by atoms with Crippen LogP contribution >= 0.6 is 24.0 Å². The Morgan fingerprint density at radius 3 is 2.60 bits per heavy atom. The molecule has 2 rings (SSSR count). The smallest absolute Gasteiger partial charge is 0.227 e. The van der Waals surface area contributed by atoms with Crippen molar-refractivity contribution in [2.75, 3.05) is 27.7 Å². The van der Waals surface area contributed by atoms with E-state index in [4.69, 9.17) is 4.42 Å². The van der Waals surface area contributed by atoms with Crippen molar-refractivity contribution in [3.05, 3.63) is 36.1 Å². The summed E-state index contributed by atoms with van der Waals surface area (Å²) in [6, 6.07) is 9.97. The van der Waals surface area contributed by atoms with E-state index >= 15 is 0 Å². The van der Waals surface area contributed by atoms with Gasteiger partial charge in [-0.05, 0) is 26.0 Å². The monoisotopic (exact) mass is 458 g/mol. The average molecular weight is 458 g/mol. The summed E-state index contributed by atoms with van der Waals surface area (Å²) in [5, 5.41) is 7.02. The first kappa shape index (κ1) is 21.3. The Labute approximate surface area is 166 Å². The van der Waals surface area contributed by atoms with Crippen LogP contribution in [-0.2, 0) is 11.3 Å². The number of rotatable bonds is 5. The minimum Gasteiger partial charge on any atom is -0.459 e. The van der Waals surface area contributed by atoms with Gasteiger partial charge in [-0.1, -0.05) is 18.2 Å². The van der Waals surface area contributed by atoms with E-state index in [-0.39, 0.29) is 29.9 Å². The molecule has 1 amide bonds. The number of carbonyl (C=O) groups excluding carboxylic acids is 1. The van der Waals surface area contributed by atoms with Crippen LogP contribution in [-0.4, -0.2) is 44.5 Å². The number of nitrogens with zero attached hydrogens (tertiary/aromatic N) is 2. The van der Waals surface area contributed by atoms with Crippen molar-refractivity contribution in [3.8, 4) is 0 Å². The molecular weight excluding hydrogens is 431 g/mol. The van der Waals surface area contributed by atoms with Crippen molar-refractivity contribution in [1.82, 2.24) is 15.5 Å². The van der Waals surface area contributed by atoms with Crippen molar-refractivity contribution < 1.29 is 9.21 Å². The summed E-state index contributed by atoms with van der Waals surface area (Å²) in [5.74, 6) is 1.57. The maximum absolute atomic E-state index is 11.9. The van der Waals surface area contributed by atoms with Gasteiger partial charge in [0.05, 0.1) is 12.0 Å². The Bertz CT molecular complexity index is 707. The van der Waals surface area contributed by atoms with Crippen LogP contribution in [0, 0.1) is 5.41 Å². The van der Waals surface area contributed by atoms with Gasteiger partial charge in [0.2, 0.25) is 5.91 Å². The molecule has 2 N–H and O–H groups in total. The molecule has 7 heteroatoms. The molecule has 25 heavy (non-hydrogen) atoms. The highest BCUT2D eigenvalue weighted by Crippen LogP contribution is 2.20. The number of carbonyl (C=O) groups is 1. The highest BCUT2D eigenvalue weighted by atomic mass is 127. The second kappa shape index (κ2) is 9.07. The van der Waals surface area contributed by atoms with Crippen LogP contribution in [0.1, 0.15) is 19.6 Å². The Kier molecular flexibility index (Phi) is 7.72. The lowest BCUT2D eigenvalue weighted by Gasteiger charge is -2.27. The molecule has 0 radical (unpaired) electrons. The van der Waals surface area contributed by atoms with Crippen LogP contribution in [0.2, 0.25) is 0 Å². The third-order valence-corrected chi connectivity index (χ3v) is 3.97. The highest BCUT2D eigenvalue weighted by molar-refractivity contribution is 14.0. The van der Waals surface area contributed by atoms with Crippen LogP contribution in [0.25, 0.3) is 11.0 Å². The SMILES string of the molecule is CN=C(NCC(C)(C)C(=O)NC)N(C)Cc1cc2ccccc2o1.I. The summed E-state index contributed by atoms with van der Waals surface area (Å²) in [4.78, 5) is 18.1. The molecule has 1 heterocycles. The lowest BCUT2D eigenvalue weighted by Crippen LogP contribution is -2.47. The van der Waals surface area contributed by atoms with E-state index in [1.54, 1.807) is 14.1 Å². The number of para-hydroxylation sites is 1. The molecule has 0 saturated carbocycles. The van der Waals surface area contributed by atoms with E-state index in [0.29, 0.717) is 19.0 Å². The van der Waals surface area contributed by atoms with Gasteiger partial charge in [-0.15, -0.1) is 24.0 Å². The fourth-order valence-electron chi connectivity index (χ4n) is 2.53. The van der Waals surface area contributed by atoms with Crippen molar-refractivity contribution in [1.29, 1.82) is 0 Å². The number of benzene rings is 1. The standard InChI is InChI=1S/C18H26N4O2.HI/c1-18(2,16(23)19-3)12-21-17(20-4)22(5)11-14-10-13-8-6-7-9-15(13)24-14;/h6-10H,11-12H2,1-5H3,(H,19,23)(H,20,21);1H. The zero-order chi connectivity index (χ0) is 17.7. The van der Waals surface area contributed by atoms with Crippen molar-refractivity contribution >= 4 is 46.8 Å². The molecule has 2 aromatic rings. The van der Waals surface area contributed by atoms with Gasteiger partial charge in [0.25, 0.3) is 0 Å². The van der Waals surface area contributed by atoms with Crippen LogP contribution in [0.4, 0.5) is 0 Å². The highest BCUT2D eigenvalue weighted by Gasteiger charge is 2.27. The van der Waals surface area contributed by atoms with Gasteiger partial charge >= 0.3 is 0 Å². The first-order valence-electron chi connectivity index (χ1n) is 7.99. The van der Waals surface area contributed by atoms with Gasteiger partial charge in [0.15, 0.2) is 5.96 Å². The average Bonchev–Trinajstić information content (AvgIpc) is 2.96. The summed E-state index contributed by atoms with van der Waals surface area (Å²) in [7, 11) is 5.31. The zero-order valence-electron chi connectivity index (χ0n) is 15.4. The number of nitrogens with one attached hydrogen (secondary N) is 2. The van der Waals surface area contributed by atoms with Crippen LogP contribution in [0.5, 0.6) is 0 Å². The van der Waals surface area contributed by atoms with Crippen LogP contribution in [0.15, 0.2) is 39.7 Å². The lowest BCUT2D eigenvalue weighted by atomic mass is 9.92. The fraction of sp³-hybridized carbons (Fsp3) is 0.444. The maximum Gasteiger partial charge on any atom is 0.227 e. The number of hydrogen-bond acceptors (Lipinski definition) is 3. The normalized spacial score (nSPS) is 11.8. The minimum absolute atomic E-state index is 0. The van der Waals surface area contributed by atoms with Crippen molar-refractivity contribution in [3.63, 3.8) is 0 Å². The summed E-state index contributed by atoms with van der Waals surface area (Å²) < 4.78 is 5.85. The molecule has 6 nitrogen and oxygen atoms in total. The predicted molar refractivity (Wildman–Crippen MR) is 112 cm³/mol. The zero-order valence-corrected chi connectivity index (χ0v) is 17.8. The third-order valence-electron chi connectivity index (χ3n) is 3.97. The molecule has 138 valence electrons. The Balaban J connectivity index is 0.00000312. The van der Waals surface area contributed by atoms with Gasteiger partial charge < -0.3 is 20.0 Å². The first-order valence-corrected chi connectivity index (χ1v) is 7.99. The summed E-state index contributed by atoms with van der Waals surface area (Å²) in [6.07, 6.45) is 0. The molecule has 0 aliphatic carbocycles. The molecule has 0 saturated heterocycles. The number of halogens is 1. The number of amides is 1. The quantitative estimate of drug-likeness (QED) is 0.411. The molecule has 1 aromatic carbocycles. The molecule has 0 aliphatic rings. The number of guanidine groups is 1. The van der Waals surface area contributed by atoms with Gasteiger partial charge in [-0.2, -0.15) is 0 Å². The number of fused-ring (bicyclic) bond motifs is 1. The second-order valence-electron chi connectivity index (χ2n) is 6.47. The number of furan rings is 1. The van der Waals surface area contributed by atoms with E-state index < -0.39 is 5.41 Å². The lowest BCUT2D eigenvalue weighted by molar-refractivity contribution is -0.128. The molecule has 0 atom stereocenters. The summed E-state index contributed by atoms with van der Waals surface area (Å²) in [5.41, 5.74) is 0.356. The van der Waals surface area contributed by atoms with E-state index in [9.17, 15) is 4.79 Å². The first-order chi connectivity index (χ1) is 11.4. The van der Waals surface area contributed by atoms with Crippen LogP contribution in [0.3, 0.4) is 0 Å². The third kappa shape index (κ3) is 5.35. The molecule has 0 aliphatic heterocycles. The van der Waals surface area contributed by atoms with Gasteiger partial charge in [0, 0.05) is 33.1 Å². The van der Waals surface area contributed by atoms with Gasteiger partial charge in [-0.25, -0.2) is 0 Å². The summed E-state index contributed by atoms with van der Waals surface area (Å²) in [6.45, 7) is 4.87.